The van der Waals surface area contributed by atoms with Crippen LogP contribution in [0.25, 0.3) is 0 Å². The third-order valence-electron chi connectivity index (χ3n) is 5.17. The fourth-order valence-electron chi connectivity index (χ4n) is 3.42. The summed E-state index contributed by atoms with van der Waals surface area (Å²) in [6.07, 6.45) is 0.982. The first kappa shape index (κ1) is 23.4. The number of likely N-dealkylation sites (N-methyl/N-ethyl adjacent to an activating group) is 1. The topological polar surface area (TPSA) is 69.7 Å². The number of piperidine rings is 1. The fourth-order valence-corrected chi connectivity index (χ4v) is 5.63. The molecule has 1 aliphatic heterocycles. The Morgan fingerprint density at radius 1 is 1.29 bits per heavy atom. The van der Waals surface area contributed by atoms with Gasteiger partial charge >= 0.3 is 0 Å². The first-order chi connectivity index (χ1) is 13.2. The molecular formula is C19H29Cl2N3O3S. The van der Waals surface area contributed by atoms with Gasteiger partial charge in [-0.25, -0.2) is 8.42 Å². The van der Waals surface area contributed by atoms with Gasteiger partial charge in [0.1, 0.15) is 4.90 Å². The molecule has 0 saturated carbocycles. The number of hydrogen-bond acceptors (Lipinski definition) is 4. The third kappa shape index (κ3) is 5.83. The Balaban J connectivity index is 1.90. The highest BCUT2D eigenvalue weighted by Gasteiger charge is 2.33. The van der Waals surface area contributed by atoms with Gasteiger partial charge < -0.3 is 5.32 Å². The lowest BCUT2D eigenvalue weighted by Crippen LogP contribution is -2.44. The van der Waals surface area contributed by atoms with Crippen LogP contribution in [-0.2, 0) is 14.8 Å². The Hall–Kier alpha value is -0.860. The van der Waals surface area contributed by atoms with Crippen LogP contribution in [0, 0.1) is 5.92 Å². The van der Waals surface area contributed by atoms with E-state index in [9.17, 15) is 13.2 Å². The predicted molar refractivity (Wildman–Crippen MR) is 113 cm³/mol. The lowest BCUT2D eigenvalue weighted by Gasteiger charge is -2.31. The molecule has 0 aromatic heterocycles. The smallest absolute Gasteiger partial charge is 0.244 e. The van der Waals surface area contributed by atoms with E-state index in [1.165, 1.54) is 16.4 Å². The monoisotopic (exact) mass is 449 g/mol. The number of hydrogen-bond donors (Lipinski definition) is 1. The molecule has 1 fully saturated rings. The van der Waals surface area contributed by atoms with Gasteiger partial charge in [0, 0.05) is 43.2 Å². The number of carbonyl (C=O) groups excluding carboxylic acids is 1. The average Bonchev–Trinajstić information content (AvgIpc) is 2.66. The molecule has 1 N–H and O–H groups in total. The van der Waals surface area contributed by atoms with Crippen LogP contribution in [0.5, 0.6) is 0 Å². The SMILES string of the molecule is CCN(CCNC(=O)C1CCN(S(=O)(=O)c2cc(Cl)ccc2Cl)CC1)C(C)C. The molecule has 158 valence electrons. The van der Waals surface area contributed by atoms with Gasteiger partial charge in [-0.1, -0.05) is 30.1 Å². The summed E-state index contributed by atoms with van der Waals surface area (Å²) < 4.78 is 27.1. The van der Waals surface area contributed by atoms with E-state index in [0.29, 0.717) is 30.5 Å². The third-order valence-corrected chi connectivity index (χ3v) is 7.79. The first-order valence-corrected chi connectivity index (χ1v) is 11.8. The molecule has 1 saturated heterocycles. The van der Waals surface area contributed by atoms with Crippen LogP contribution < -0.4 is 5.32 Å². The fraction of sp³-hybridized carbons (Fsp3) is 0.632. The summed E-state index contributed by atoms with van der Waals surface area (Å²) in [6, 6.07) is 4.84. The molecule has 9 heteroatoms. The number of nitrogens with zero attached hydrogens (tertiary/aromatic N) is 2. The molecule has 0 unspecified atom stereocenters. The van der Waals surface area contributed by atoms with Crippen molar-refractivity contribution in [2.45, 2.75) is 44.6 Å². The van der Waals surface area contributed by atoms with E-state index in [2.05, 4.69) is 31.0 Å². The lowest BCUT2D eigenvalue weighted by molar-refractivity contribution is -0.126. The summed E-state index contributed by atoms with van der Waals surface area (Å²) in [5, 5.41) is 3.45. The van der Waals surface area contributed by atoms with Gasteiger partial charge in [0.2, 0.25) is 15.9 Å². The molecule has 6 nitrogen and oxygen atoms in total. The van der Waals surface area contributed by atoms with E-state index in [1.54, 1.807) is 6.07 Å². The maximum absolute atomic E-state index is 12.9. The number of carbonyl (C=O) groups is 1. The molecule has 0 atom stereocenters. The summed E-state index contributed by atoms with van der Waals surface area (Å²) in [5.74, 6) is -0.173. The van der Waals surface area contributed by atoms with Crippen LogP contribution in [-0.4, -0.2) is 62.3 Å². The van der Waals surface area contributed by atoms with E-state index >= 15 is 0 Å². The molecule has 0 spiro atoms. The quantitative estimate of drug-likeness (QED) is 0.660. The Labute approximate surface area is 178 Å². The number of halogens is 2. The molecule has 0 aliphatic carbocycles. The standard InChI is InChI=1S/C19H29Cl2N3O3S/c1-4-23(14(2)3)12-9-22-19(25)15-7-10-24(11-8-15)28(26,27)18-13-16(20)5-6-17(18)21/h5-6,13-15H,4,7-12H2,1-3H3,(H,22,25). The van der Waals surface area contributed by atoms with Crippen LogP contribution in [0.4, 0.5) is 0 Å². The van der Waals surface area contributed by atoms with Crippen molar-refractivity contribution in [3.63, 3.8) is 0 Å². The number of rotatable bonds is 8. The van der Waals surface area contributed by atoms with Crippen molar-refractivity contribution in [3.05, 3.63) is 28.2 Å². The van der Waals surface area contributed by atoms with Gasteiger partial charge in [-0.15, -0.1) is 0 Å². The predicted octanol–water partition coefficient (Wildman–Crippen LogP) is 3.24. The molecule has 2 rings (SSSR count). The Morgan fingerprint density at radius 3 is 2.50 bits per heavy atom. The van der Waals surface area contributed by atoms with Crippen LogP contribution in [0.1, 0.15) is 33.6 Å². The highest BCUT2D eigenvalue weighted by atomic mass is 35.5. The van der Waals surface area contributed by atoms with Crippen LogP contribution in [0.15, 0.2) is 23.1 Å². The second-order valence-electron chi connectivity index (χ2n) is 7.27. The van der Waals surface area contributed by atoms with Gasteiger partial charge in [0.05, 0.1) is 5.02 Å². The summed E-state index contributed by atoms with van der Waals surface area (Å²) >= 11 is 12.0. The molecule has 1 aromatic rings. The minimum atomic E-state index is -3.73. The van der Waals surface area contributed by atoms with Crippen molar-refractivity contribution in [1.29, 1.82) is 0 Å². The summed E-state index contributed by atoms with van der Waals surface area (Å²) in [7, 11) is -3.73. The van der Waals surface area contributed by atoms with E-state index < -0.39 is 10.0 Å². The largest absolute Gasteiger partial charge is 0.355 e. The van der Waals surface area contributed by atoms with E-state index in [-0.39, 0.29) is 34.8 Å². The minimum absolute atomic E-state index is 0.00218. The number of nitrogens with one attached hydrogen (secondary N) is 1. The van der Waals surface area contributed by atoms with Gasteiger partial charge in [-0.2, -0.15) is 4.31 Å². The van der Waals surface area contributed by atoms with Crippen molar-refractivity contribution in [2.24, 2.45) is 5.92 Å². The molecule has 0 bridgehead atoms. The Kier molecular flexibility index (Phi) is 8.58. The second-order valence-corrected chi connectivity index (χ2v) is 10.0. The van der Waals surface area contributed by atoms with E-state index in [0.717, 1.165) is 13.1 Å². The molecule has 1 aromatic carbocycles. The van der Waals surface area contributed by atoms with Crippen molar-refractivity contribution in [1.82, 2.24) is 14.5 Å². The summed E-state index contributed by atoms with van der Waals surface area (Å²) in [5.41, 5.74) is 0. The van der Waals surface area contributed by atoms with Crippen molar-refractivity contribution < 1.29 is 13.2 Å². The normalized spacial score (nSPS) is 16.7. The van der Waals surface area contributed by atoms with Crippen molar-refractivity contribution in [2.75, 3.05) is 32.7 Å². The summed E-state index contributed by atoms with van der Waals surface area (Å²) in [6.45, 7) is 9.29. The van der Waals surface area contributed by atoms with E-state index in [1.807, 2.05) is 0 Å². The minimum Gasteiger partial charge on any atom is -0.355 e. The maximum Gasteiger partial charge on any atom is 0.244 e. The van der Waals surface area contributed by atoms with Crippen molar-refractivity contribution >= 4 is 39.1 Å². The number of benzene rings is 1. The van der Waals surface area contributed by atoms with Crippen LogP contribution in [0.3, 0.4) is 0 Å². The zero-order valence-electron chi connectivity index (χ0n) is 16.6. The first-order valence-electron chi connectivity index (χ1n) is 9.63. The Morgan fingerprint density at radius 2 is 1.93 bits per heavy atom. The van der Waals surface area contributed by atoms with Gasteiger partial charge in [0.25, 0.3) is 0 Å². The van der Waals surface area contributed by atoms with Crippen LogP contribution in [0.2, 0.25) is 10.0 Å². The molecule has 0 radical (unpaired) electrons. The molecular weight excluding hydrogens is 421 g/mol. The number of sulfonamides is 1. The van der Waals surface area contributed by atoms with E-state index in [4.69, 9.17) is 23.2 Å². The van der Waals surface area contributed by atoms with Crippen LogP contribution >= 0.6 is 23.2 Å². The van der Waals surface area contributed by atoms with Gasteiger partial charge in [0.15, 0.2) is 0 Å². The average molecular weight is 450 g/mol. The molecule has 1 amide bonds. The highest BCUT2D eigenvalue weighted by molar-refractivity contribution is 7.89. The molecule has 1 heterocycles. The molecule has 1 aliphatic rings. The maximum atomic E-state index is 12.9. The number of amides is 1. The lowest BCUT2D eigenvalue weighted by atomic mass is 9.97. The molecule has 28 heavy (non-hydrogen) atoms. The Bertz CT molecular complexity index is 779. The zero-order chi connectivity index (χ0) is 20.9. The van der Waals surface area contributed by atoms with Gasteiger partial charge in [-0.3, -0.25) is 9.69 Å². The highest BCUT2D eigenvalue weighted by Crippen LogP contribution is 2.30. The van der Waals surface area contributed by atoms with Crippen molar-refractivity contribution in [3.8, 4) is 0 Å². The summed E-state index contributed by atoms with van der Waals surface area (Å²) in [4.78, 5) is 14.7. The van der Waals surface area contributed by atoms with Gasteiger partial charge in [-0.05, 0) is 51.4 Å². The zero-order valence-corrected chi connectivity index (χ0v) is 18.9. The second kappa shape index (κ2) is 10.3.